The van der Waals surface area contributed by atoms with Crippen molar-refractivity contribution in [1.82, 2.24) is 14.7 Å². The van der Waals surface area contributed by atoms with E-state index in [2.05, 4.69) is 17.3 Å². The Morgan fingerprint density at radius 3 is 3.12 bits per heavy atom. The third kappa shape index (κ3) is 3.14. The second-order valence-corrected chi connectivity index (χ2v) is 6.39. The fourth-order valence-corrected chi connectivity index (χ4v) is 3.45. The maximum absolute atomic E-state index is 12.7. The average Bonchev–Trinajstić information content (AvgIpc) is 3.34. The lowest BCUT2D eigenvalue weighted by Crippen LogP contribution is -2.34. The zero-order valence-electron chi connectivity index (χ0n) is 14.3. The van der Waals surface area contributed by atoms with Gasteiger partial charge in [0.1, 0.15) is 0 Å². The Hall–Kier alpha value is -2.70. The van der Waals surface area contributed by atoms with Crippen LogP contribution in [0.15, 0.2) is 30.6 Å². The number of likely N-dealkylation sites (tertiary alicyclic amines) is 1. The number of anilines is 1. The number of hydrogen-bond donors (Lipinski definition) is 1. The number of carbonyl (C=O) groups excluding carboxylic acids is 1. The minimum Gasteiger partial charge on any atom is -0.454 e. The van der Waals surface area contributed by atoms with E-state index in [1.54, 1.807) is 6.20 Å². The van der Waals surface area contributed by atoms with Crippen molar-refractivity contribution in [2.45, 2.75) is 38.8 Å². The van der Waals surface area contributed by atoms with E-state index in [4.69, 9.17) is 9.47 Å². The molecule has 1 aromatic carbocycles. The van der Waals surface area contributed by atoms with Gasteiger partial charge < -0.3 is 19.7 Å². The predicted octanol–water partition coefficient (Wildman–Crippen LogP) is 3.39. The van der Waals surface area contributed by atoms with Crippen LogP contribution in [0.4, 0.5) is 10.5 Å². The van der Waals surface area contributed by atoms with Crippen LogP contribution in [0.1, 0.15) is 37.8 Å². The van der Waals surface area contributed by atoms with Gasteiger partial charge in [-0.05, 0) is 37.0 Å². The van der Waals surface area contributed by atoms with Crippen LogP contribution in [-0.4, -0.2) is 34.0 Å². The van der Waals surface area contributed by atoms with E-state index in [0.717, 1.165) is 55.1 Å². The minimum atomic E-state index is -0.0868. The molecule has 1 aromatic heterocycles. The first kappa shape index (κ1) is 15.8. The number of rotatable bonds is 4. The number of fused-ring (bicyclic) bond motifs is 1. The lowest BCUT2D eigenvalue weighted by atomic mass is 10.0. The molecule has 2 aliphatic rings. The van der Waals surface area contributed by atoms with Gasteiger partial charge in [0, 0.05) is 19.3 Å². The molecule has 0 aliphatic carbocycles. The molecule has 0 spiro atoms. The third-order valence-electron chi connectivity index (χ3n) is 4.63. The van der Waals surface area contributed by atoms with Gasteiger partial charge in [-0.25, -0.2) is 4.79 Å². The van der Waals surface area contributed by atoms with E-state index in [1.807, 2.05) is 34.0 Å². The second kappa shape index (κ2) is 6.66. The highest BCUT2D eigenvalue weighted by Crippen LogP contribution is 2.39. The molecule has 4 rings (SSSR count). The van der Waals surface area contributed by atoms with Crippen LogP contribution < -0.4 is 14.8 Å². The molecule has 132 valence electrons. The first-order valence-corrected chi connectivity index (χ1v) is 8.74. The third-order valence-corrected chi connectivity index (χ3v) is 4.63. The number of nitrogens with zero attached hydrogens (tertiary/aromatic N) is 3. The van der Waals surface area contributed by atoms with Crippen molar-refractivity contribution in [3.8, 4) is 11.5 Å². The highest BCUT2D eigenvalue weighted by Gasteiger charge is 2.31. The number of aromatic nitrogens is 2. The number of benzene rings is 1. The Balaban J connectivity index is 1.47. The molecule has 0 radical (unpaired) electrons. The standard InChI is InChI=1S/C18H22N4O3/c1-2-7-21-11-14(10-19-21)20-18(23)22-8-3-4-15(22)13-5-6-16-17(9-13)25-12-24-16/h5-6,9-11,15H,2-4,7-8,12H2,1H3,(H,20,23). The van der Waals surface area contributed by atoms with E-state index in [-0.39, 0.29) is 18.9 Å². The highest BCUT2D eigenvalue weighted by atomic mass is 16.7. The molecule has 1 N–H and O–H groups in total. The van der Waals surface area contributed by atoms with Crippen molar-refractivity contribution in [2.24, 2.45) is 0 Å². The number of ether oxygens (including phenoxy) is 2. The van der Waals surface area contributed by atoms with Crippen LogP contribution in [-0.2, 0) is 6.54 Å². The number of aryl methyl sites for hydroxylation is 1. The van der Waals surface area contributed by atoms with E-state index < -0.39 is 0 Å². The SMILES string of the molecule is CCCn1cc(NC(=O)N2CCCC2c2ccc3c(c2)OCO3)cn1. The fraction of sp³-hybridized carbons (Fsp3) is 0.444. The summed E-state index contributed by atoms with van der Waals surface area (Å²) in [6, 6.07) is 5.89. The van der Waals surface area contributed by atoms with Gasteiger partial charge in [-0.15, -0.1) is 0 Å². The van der Waals surface area contributed by atoms with Gasteiger partial charge in [-0.1, -0.05) is 13.0 Å². The van der Waals surface area contributed by atoms with E-state index in [9.17, 15) is 4.79 Å². The Labute approximate surface area is 146 Å². The number of carbonyl (C=O) groups is 1. The molecule has 1 fully saturated rings. The summed E-state index contributed by atoms with van der Waals surface area (Å²) in [7, 11) is 0. The van der Waals surface area contributed by atoms with Crippen LogP contribution in [0.3, 0.4) is 0 Å². The molecule has 1 unspecified atom stereocenters. The molecule has 25 heavy (non-hydrogen) atoms. The molecule has 0 saturated carbocycles. The summed E-state index contributed by atoms with van der Waals surface area (Å²) in [6.45, 7) is 3.95. The Morgan fingerprint density at radius 2 is 2.24 bits per heavy atom. The fourth-order valence-electron chi connectivity index (χ4n) is 3.45. The van der Waals surface area contributed by atoms with Gasteiger partial charge in [-0.3, -0.25) is 4.68 Å². The second-order valence-electron chi connectivity index (χ2n) is 6.39. The molecular weight excluding hydrogens is 320 g/mol. The summed E-state index contributed by atoms with van der Waals surface area (Å²) in [5.41, 5.74) is 1.81. The van der Waals surface area contributed by atoms with Gasteiger partial charge in [0.05, 0.1) is 17.9 Å². The number of nitrogens with one attached hydrogen (secondary N) is 1. The van der Waals surface area contributed by atoms with Crippen LogP contribution in [0.25, 0.3) is 0 Å². The summed E-state index contributed by atoms with van der Waals surface area (Å²) in [5, 5.41) is 7.22. The normalized spacial score (nSPS) is 18.6. The van der Waals surface area contributed by atoms with Crippen molar-refractivity contribution in [3.05, 3.63) is 36.2 Å². The molecule has 1 atom stereocenters. The zero-order chi connectivity index (χ0) is 17.2. The Morgan fingerprint density at radius 1 is 1.36 bits per heavy atom. The minimum absolute atomic E-state index is 0.0557. The van der Waals surface area contributed by atoms with Crippen LogP contribution in [0, 0.1) is 0 Å². The van der Waals surface area contributed by atoms with Gasteiger partial charge in [0.2, 0.25) is 6.79 Å². The number of amides is 2. The van der Waals surface area contributed by atoms with E-state index >= 15 is 0 Å². The topological polar surface area (TPSA) is 68.6 Å². The van der Waals surface area contributed by atoms with Crippen molar-refractivity contribution in [3.63, 3.8) is 0 Å². The van der Waals surface area contributed by atoms with Gasteiger partial charge in [0.15, 0.2) is 11.5 Å². The largest absolute Gasteiger partial charge is 0.454 e. The molecule has 7 heteroatoms. The van der Waals surface area contributed by atoms with Gasteiger partial charge in [-0.2, -0.15) is 5.10 Å². The molecule has 2 aliphatic heterocycles. The van der Waals surface area contributed by atoms with Crippen molar-refractivity contribution >= 4 is 11.7 Å². The molecular formula is C18H22N4O3. The predicted molar refractivity (Wildman–Crippen MR) is 92.8 cm³/mol. The monoisotopic (exact) mass is 342 g/mol. The van der Waals surface area contributed by atoms with Crippen molar-refractivity contribution < 1.29 is 14.3 Å². The summed E-state index contributed by atoms with van der Waals surface area (Å²) in [5.74, 6) is 1.52. The highest BCUT2D eigenvalue weighted by molar-refractivity contribution is 5.89. The first-order chi connectivity index (χ1) is 12.2. The van der Waals surface area contributed by atoms with Gasteiger partial charge in [0.25, 0.3) is 0 Å². The number of urea groups is 1. The summed E-state index contributed by atoms with van der Waals surface area (Å²) < 4.78 is 12.7. The van der Waals surface area contributed by atoms with E-state index in [1.165, 1.54) is 0 Å². The smallest absolute Gasteiger partial charge is 0.322 e. The summed E-state index contributed by atoms with van der Waals surface area (Å²) >= 11 is 0. The molecule has 7 nitrogen and oxygen atoms in total. The number of hydrogen-bond acceptors (Lipinski definition) is 4. The molecule has 1 saturated heterocycles. The maximum atomic E-state index is 12.7. The molecule has 0 bridgehead atoms. The zero-order valence-corrected chi connectivity index (χ0v) is 14.3. The first-order valence-electron chi connectivity index (χ1n) is 8.74. The average molecular weight is 342 g/mol. The molecule has 3 heterocycles. The van der Waals surface area contributed by atoms with Gasteiger partial charge >= 0.3 is 6.03 Å². The van der Waals surface area contributed by atoms with Crippen LogP contribution in [0.2, 0.25) is 0 Å². The van der Waals surface area contributed by atoms with Crippen molar-refractivity contribution in [2.75, 3.05) is 18.7 Å². The maximum Gasteiger partial charge on any atom is 0.322 e. The summed E-state index contributed by atoms with van der Waals surface area (Å²) in [4.78, 5) is 14.6. The lowest BCUT2D eigenvalue weighted by Gasteiger charge is -2.25. The Kier molecular flexibility index (Phi) is 4.21. The summed E-state index contributed by atoms with van der Waals surface area (Å²) in [6.07, 6.45) is 6.50. The lowest BCUT2D eigenvalue weighted by molar-refractivity contribution is 0.173. The Bertz CT molecular complexity index is 773. The quantitative estimate of drug-likeness (QED) is 0.925. The molecule has 2 aromatic rings. The van der Waals surface area contributed by atoms with Crippen LogP contribution in [0.5, 0.6) is 11.5 Å². The molecule has 2 amide bonds. The van der Waals surface area contributed by atoms with E-state index in [0.29, 0.717) is 0 Å². The van der Waals surface area contributed by atoms with Crippen LogP contribution >= 0.6 is 0 Å². The van der Waals surface area contributed by atoms with Crippen molar-refractivity contribution in [1.29, 1.82) is 0 Å².